The molecule has 0 saturated carbocycles. The van der Waals surface area contributed by atoms with E-state index in [-0.39, 0.29) is 0 Å². The highest BCUT2D eigenvalue weighted by atomic mass is 32.2. The second-order valence-corrected chi connectivity index (χ2v) is 9.25. The van der Waals surface area contributed by atoms with Crippen LogP contribution in [0.25, 0.3) is 0 Å². The largest absolute Gasteiger partial charge is 0.360 e. The van der Waals surface area contributed by atoms with Gasteiger partial charge in [-0.05, 0) is 33.3 Å². The van der Waals surface area contributed by atoms with E-state index in [1.54, 1.807) is 6.07 Å². The predicted octanol–water partition coefficient (Wildman–Crippen LogP) is 3.32. The van der Waals surface area contributed by atoms with Gasteiger partial charge in [-0.25, -0.2) is 21.6 Å². The van der Waals surface area contributed by atoms with Crippen LogP contribution in [-0.2, 0) is 20.3 Å². The number of nitrogens with one attached hydrogen (secondary N) is 1. The average molecular weight is 392 g/mol. The van der Waals surface area contributed by atoms with Gasteiger partial charge in [-0.2, -0.15) is 9.98 Å². The van der Waals surface area contributed by atoms with E-state index in [2.05, 4.69) is 4.74 Å². The molecule has 0 spiro atoms. The highest BCUT2D eigenvalue weighted by molar-refractivity contribution is 7.90. The number of hydrogen-bond acceptors (Lipinski definition) is 4. The first-order valence-electron chi connectivity index (χ1n) is 7.95. The second-order valence-electron chi connectivity index (χ2n) is 6.81. The number of alkyl halides is 2. The van der Waals surface area contributed by atoms with Gasteiger partial charge in [-0.3, -0.25) is 0 Å². The fourth-order valence-electron chi connectivity index (χ4n) is 2.39. The van der Waals surface area contributed by atoms with Crippen LogP contribution in [0, 0.1) is 17.1 Å². The van der Waals surface area contributed by atoms with Crippen molar-refractivity contribution < 1.29 is 26.3 Å². The molecule has 26 heavy (non-hydrogen) atoms. The maximum Gasteiger partial charge on any atom is 0.293 e. The van der Waals surface area contributed by atoms with Gasteiger partial charge in [0.1, 0.15) is 24.6 Å². The summed E-state index contributed by atoms with van der Waals surface area (Å²) in [5.74, 6) is -4.79. The van der Waals surface area contributed by atoms with Crippen molar-refractivity contribution in [3.63, 3.8) is 0 Å². The second kappa shape index (κ2) is 7.94. The molecule has 1 aromatic carbocycles. The van der Waals surface area contributed by atoms with Gasteiger partial charge in [0.25, 0.3) is 5.92 Å². The van der Waals surface area contributed by atoms with Gasteiger partial charge in [-0.15, -0.1) is 0 Å². The quantitative estimate of drug-likeness (QED) is 0.689. The summed E-state index contributed by atoms with van der Waals surface area (Å²) in [5, 5.41) is 8.49. The van der Waals surface area contributed by atoms with Crippen molar-refractivity contribution in [2.45, 2.75) is 50.3 Å². The summed E-state index contributed by atoms with van der Waals surface area (Å²) in [5.41, 5.74) is -3.05. The SMILES string of the molecule is CC[C@@](NS(=O)(=O)C(C)(C)C)(c1ccccc1F)C(F)(F)COCC#N. The molecule has 1 N–H and O–H groups in total. The van der Waals surface area contributed by atoms with Crippen LogP contribution >= 0.6 is 0 Å². The summed E-state index contributed by atoms with van der Waals surface area (Å²) < 4.78 is 75.2. The number of nitriles is 1. The fraction of sp³-hybridized carbons (Fsp3) is 0.588. The molecule has 1 aromatic rings. The lowest BCUT2D eigenvalue weighted by Gasteiger charge is -2.42. The molecule has 0 radical (unpaired) electrons. The molecule has 0 amide bonds. The molecule has 9 heteroatoms. The average Bonchev–Trinajstić information content (AvgIpc) is 2.52. The van der Waals surface area contributed by atoms with Gasteiger partial charge in [0.15, 0.2) is 0 Å². The van der Waals surface area contributed by atoms with Crippen LogP contribution in [0.15, 0.2) is 24.3 Å². The van der Waals surface area contributed by atoms with E-state index in [1.165, 1.54) is 39.8 Å². The third-order valence-electron chi connectivity index (χ3n) is 4.05. The highest BCUT2D eigenvalue weighted by Crippen LogP contribution is 2.43. The Morgan fingerprint density at radius 2 is 1.81 bits per heavy atom. The summed E-state index contributed by atoms with van der Waals surface area (Å²) in [7, 11) is -4.26. The summed E-state index contributed by atoms with van der Waals surface area (Å²) in [6, 6.07) is 6.33. The Bertz CT molecular complexity index is 770. The Balaban J connectivity index is 3.60. The van der Waals surface area contributed by atoms with E-state index in [0.717, 1.165) is 12.1 Å². The van der Waals surface area contributed by atoms with Crippen LogP contribution in [0.2, 0.25) is 0 Å². The third kappa shape index (κ3) is 4.37. The molecule has 0 unspecified atom stereocenters. The Kier molecular flexibility index (Phi) is 6.85. The Labute approximate surface area is 152 Å². The molecule has 0 bridgehead atoms. The van der Waals surface area contributed by atoms with Crippen molar-refractivity contribution >= 4 is 10.0 Å². The number of halogens is 3. The zero-order valence-electron chi connectivity index (χ0n) is 15.1. The minimum atomic E-state index is -4.26. The molecular weight excluding hydrogens is 369 g/mol. The third-order valence-corrected chi connectivity index (χ3v) is 6.28. The van der Waals surface area contributed by atoms with Crippen molar-refractivity contribution in [1.29, 1.82) is 5.26 Å². The summed E-state index contributed by atoms with van der Waals surface area (Å²) in [6.45, 7) is 3.54. The lowest BCUT2D eigenvalue weighted by Crippen LogP contribution is -2.62. The fourth-order valence-corrected chi connectivity index (χ4v) is 3.55. The van der Waals surface area contributed by atoms with Gasteiger partial charge in [-0.1, -0.05) is 25.1 Å². The lowest BCUT2D eigenvalue weighted by atomic mass is 9.82. The molecule has 0 saturated heterocycles. The van der Waals surface area contributed by atoms with E-state index in [0.29, 0.717) is 0 Å². The Morgan fingerprint density at radius 3 is 2.27 bits per heavy atom. The van der Waals surface area contributed by atoms with Crippen molar-refractivity contribution in [2.75, 3.05) is 13.2 Å². The van der Waals surface area contributed by atoms with Crippen molar-refractivity contribution in [1.82, 2.24) is 4.72 Å². The topological polar surface area (TPSA) is 79.2 Å². The minimum Gasteiger partial charge on any atom is -0.360 e. The number of ether oxygens (including phenoxy) is 1. The number of rotatable bonds is 8. The number of nitrogens with zero attached hydrogens (tertiary/aromatic N) is 1. The van der Waals surface area contributed by atoms with Crippen LogP contribution in [0.5, 0.6) is 0 Å². The smallest absolute Gasteiger partial charge is 0.293 e. The minimum absolute atomic E-state index is 0.438. The zero-order valence-corrected chi connectivity index (χ0v) is 16.0. The predicted molar refractivity (Wildman–Crippen MR) is 91.6 cm³/mol. The standard InChI is InChI=1S/C17H23F3N2O3S/c1-5-16(13-8-6-7-9-14(13)18,17(19,20)12-25-11-10-21)22-26(23,24)15(2,3)4/h6-9,22H,5,11-12H2,1-4H3/t16-/m1/s1. The number of sulfonamides is 1. The van der Waals surface area contributed by atoms with Crippen LogP contribution in [0.3, 0.4) is 0 Å². The van der Waals surface area contributed by atoms with Crippen LogP contribution in [0.4, 0.5) is 13.2 Å². The van der Waals surface area contributed by atoms with E-state index >= 15 is 8.78 Å². The zero-order chi connectivity index (χ0) is 20.2. The van der Waals surface area contributed by atoms with Crippen LogP contribution < -0.4 is 4.72 Å². The number of hydrogen-bond donors (Lipinski definition) is 1. The molecule has 1 rings (SSSR count). The molecule has 0 heterocycles. The van der Waals surface area contributed by atoms with Gasteiger partial charge in [0, 0.05) is 5.56 Å². The first-order chi connectivity index (χ1) is 11.8. The molecule has 5 nitrogen and oxygen atoms in total. The monoisotopic (exact) mass is 392 g/mol. The summed E-state index contributed by atoms with van der Waals surface area (Å²) in [4.78, 5) is 0. The van der Waals surface area contributed by atoms with Crippen LogP contribution in [0.1, 0.15) is 39.7 Å². The molecule has 0 aromatic heterocycles. The van der Waals surface area contributed by atoms with Gasteiger partial charge >= 0.3 is 0 Å². The van der Waals surface area contributed by atoms with E-state index in [4.69, 9.17) is 5.26 Å². The van der Waals surface area contributed by atoms with Crippen molar-refractivity contribution in [2.24, 2.45) is 0 Å². The van der Waals surface area contributed by atoms with Gasteiger partial charge in [0.05, 0.1) is 10.8 Å². The normalized spacial score (nSPS) is 15.3. The molecule has 1 atom stereocenters. The Morgan fingerprint density at radius 1 is 1.23 bits per heavy atom. The maximum absolute atomic E-state index is 15.1. The highest BCUT2D eigenvalue weighted by Gasteiger charge is 2.58. The van der Waals surface area contributed by atoms with E-state index in [9.17, 15) is 12.8 Å². The van der Waals surface area contributed by atoms with Crippen LogP contribution in [-0.4, -0.2) is 32.3 Å². The molecule has 146 valence electrons. The van der Waals surface area contributed by atoms with Crippen molar-refractivity contribution in [3.05, 3.63) is 35.6 Å². The molecule has 0 fully saturated rings. The van der Waals surface area contributed by atoms with Crippen molar-refractivity contribution in [3.8, 4) is 6.07 Å². The molecule has 0 aliphatic rings. The lowest BCUT2D eigenvalue weighted by molar-refractivity contribution is -0.135. The molecular formula is C17H23F3N2O3S. The molecule has 0 aliphatic carbocycles. The van der Waals surface area contributed by atoms with Gasteiger partial charge in [0.2, 0.25) is 10.0 Å². The van der Waals surface area contributed by atoms with E-state index < -0.39 is 57.2 Å². The number of benzene rings is 1. The Hall–Kier alpha value is -1.63. The summed E-state index contributed by atoms with van der Waals surface area (Å²) in [6.07, 6.45) is -0.438. The first kappa shape index (κ1) is 22.4. The summed E-state index contributed by atoms with van der Waals surface area (Å²) >= 11 is 0. The van der Waals surface area contributed by atoms with E-state index in [1.807, 2.05) is 4.72 Å². The maximum atomic E-state index is 15.1. The first-order valence-corrected chi connectivity index (χ1v) is 9.44. The molecule has 0 aliphatic heterocycles. The van der Waals surface area contributed by atoms with Gasteiger partial charge < -0.3 is 4.74 Å².